The Morgan fingerprint density at radius 2 is 1.81 bits per heavy atom. The summed E-state index contributed by atoms with van der Waals surface area (Å²) < 4.78 is 2.12. The van der Waals surface area contributed by atoms with Gasteiger partial charge in [-0.2, -0.15) is 14.9 Å². The van der Waals surface area contributed by atoms with Gasteiger partial charge in [-0.25, -0.2) is 0 Å². The van der Waals surface area contributed by atoms with Crippen molar-refractivity contribution in [3.8, 4) is 0 Å². The molecule has 1 aromatic heterocycles. The summed E-state index contributed by atoms with van der Waals surface area (Å²) in [7, 11) is 0. The summed E-state index contributed by atoms with van der Waals surface area (Å²) in [6.45, 7) is 0. The highest BCUT2D eigenvalue weighted by atomic mass is 35.5. The van der Waals surface area contributed by atoms with Crippen LogP contribution in [0.3, 0.4) is 0 Å². The largest absolute Gasteiger partial charge is 0.250 e. The minimum atomic E-state index is 0.463. The van der Waals surface area contributed by atoms with Gasteiger partial charge in [0.1, 0.15) is 0 Å². The second-order valence-corrected chi connectivity index (χ2v) is 6.69. The zero-order chi connectivity index (χ0) is 17.9. The second kappa shape index (κ2) is 7.23. The molecule has 0 bridgehead atoms. The molecule has 4 aromatic rings. The molecule has 0 unspecified atom stereocenters. The molecule has 0 fully saturated rings. The third kappa shape index (κ3) is 3.45. The molecule has 1 heterocycles. The Bertz CT molecular complexity index is 1140. The van der Waals surface area contributed by atoms with E-state index in [1.165, 1.54) is 16.3 Å². The van der Waals surface area contributed by atoms with E-state index in [4.69, 9.17) is 23.8 Å². The van der Waals surface area contributed by atoms with E-state index in [1.54, 1.807) is 10.9 Å². The maximum absolute atomic E-state index is 5.92. The predicted octanol–water partition coefficient (Wildman–Crippen LogP) is 5.22. The topological polar surface area (TPSA) is 46.0 Å². The van der Waals surface area contributed by atoms with Crippen molar-refractivity contribution in [3.63, 3.8) is 0 Å². The smallest absolute Gasteiger partial charge is 0.216 e. The van der Waals surface area contributed by atoms with Crippen molar-refractivity contribution in [3.05, 3.63) is 93.5 Å². The molecule has 128 valence electrons. The molecule has 26 heavy (non-hydrogen) atoms. The lowest BCUT2D eigenvalue weighted by Crippen LogP contribution is -2.01. The Balaban J connectivity index is 1.68. The highest BCUT2D eigenvalue weighted by Crippen LogP contribution is 2.20. The van der Waals surface area contributed by atoms with Crippen LogP contribution >= 0.6 is 23.8 Å². The lowest BCUT2D eigenvalue weighted by Gasteiger charge is -2.06. The summed E-state index contributed by atoms with van der Waals surface area (Å²) >= 11 is 11.2. The summed E-state index contributed by atoms with van der Waals surface area (Å²) in [4.78, 5) is 0. The van der Waals surface area contributed by atoms with Gasteiger partial charge in [0.15, 0.2) is 5.82 Å². The molecule has 0 saturated carbocycles. The number of nitrogens with zero attached hydrogens (tertiary/aromatic N) is 3. The van der Waals surface area contributed by atoms with Crippen LogP contribution in [0, 0.1) is 4.77 Å². The number of nitrogens with one attached hydrogen (secondary N) is 1. The number of benzene rings is 3. The molecule has 4 rings (SSSR count). The van der Waals surface area contributed by atoms with Crippen LogP contribution in [0.5, 0.6) is 0 Å². The van der Waals surface area contributed by atoms with Crippen LogP contribution in [0.4, 0.5) is 0 Å². The van der Waals surface area contributed by atoms with Gasteiger partial charge >= 0.3 is 0 Å². The van der Waals surface area contributed by atoms with Crippen molar-refractivity contribution >= 4 is 40.8 Å². The van der Waals surface area contributed by atoms with Crippen molar-refractivity contribution in [2.24, 2.45) is 5.10 Å². The summed E-state index contributed by atoms with van der Waals surface area (Å²) in [5.41, 5.74) is 2.12. The Morgan fingerprint density at radius 1 is 1.04 bits per heavy atom. The summed E-state index contributed by atoms with van der Waals surface area (Å²) in [5, 5.41) is 14.8. The third-order valence-electron chi connectivity index (χ3n) is 4.14. The maximum Gasteiger partial charge on any atom is 0.216 e. The molecule has 1 N–H and O–H groups in total. The van der Waals surface area contributed by atoms with Crippen LogP contribution < -0.4 is 0 Å². The zero-order valence-electron chi connectivity index (χ0n) is 13.8. The standard InChI is InChI=1S/C20H15ClN4S/c21-17-10-8-14(9-11-17)13-22-25-19(23-24-20(25)26)12-16-6-3-5-15-4-1-2-7-18(15)16/h1-11,13H,12H2,(H,24,26)/b22-13-. The van der Waals surface area contributed by atoms with Gasteiger partial charge in [-0.05, 0) is 46.2 Å². The highest BCUT2D eigenvalue weighted by molar-refractivity contribution is 7.71. The number of H-pyrrole nitrogens is 1. The molecule has 0 atom stereocenters. The van der Waals surface area contributed by atoms with E-state index in [0.29, 0.717) is 16.2 Å². The molecule has 0 aliphatic heterocycles. The molecular weight excluding hydrogens is 364 g/mol. The summed E-state index contributed by atoms with van der Waals surface area (Å²) in [5.74, 6) is 0.761. The lowest BCUT2D eigenvalue weighted by molar-refractivity contribution is 0.793. The highest BCUT2D eigenvalue weighted by Gasteiger charge is 2.08. The Labute approximate surface area is 160 Å². The lowest BCUT2D eigenvalue weighted by atomic mass is 10.0. The number of fused-ring (bicyclic) bond motifs is 1. The molecule has 0 amide bonds. The van der Waals surface area contributed by atoms with Gasteiger partial charge in [-0.3, -0.25) is 5.10 Å². The molecule has 6 heteroatoms. The molecule has 4 nitrogen and oxygen atoms in total. The SMILES string of the molecule is S=c1[nH]nc(Cc2cccc3ccccc23)n1/N=C\c1ccc(Cl)cc1. The van der Waals surface area contributed by atoms with Crippen LogP contribution in [0.1, 0.15) is 17.0 Å². The Hall–Kier alpha value is -2.76. The van der Waals surface area contributed by atoms with E-state index in [0.717, 1.165) is 11.4 Å². The third-order valence-corrected chi connectivity index (χ3v) is 4.65. The molecule has 3 aromatic carbocycles. The number of hydrogen-bond acceptors (Lipinski definition) is 3. The Kier molecular flexibility index (Phi) is 4.65. The van der Waals surface area contributed by atoms with Gasteiger partial charge in [-0.15, -0.1) is 0 Å². The molecule has 0 aliphatic rings. The molecule has 0 spiro atoms. The number of hydrogen-bond donors (Lipinski definition) is 1. The number of rotatable bonds is 4. The van der Waals surface area contributed by atoms with Gasteiger partial charge in [0, 0.05) is 11.4 Å². The fourth-order valence-corrected chi connectivity index (χ4v) is 3.17. The van der Waals surface area contributed by atoms with Crippen molar-refractivity contribution in [2.45, 2.75) is 6.42 Å². The van der Waals surface area contributed by atoms with Crippen molar-refractivity contribution in [1.29, 1.82) is 0 Å². The van der Waals surface area contributed by atoms with E-state index in [1.807, 2.05) is 36.4 Å². The molecular formula is C20H15ClN4S. The summed E-state index contributed by atoms with van der Waals surface area (Å²) in [6, 6.07) is 22.0. The number of aromatic nitrogens is 3. The van der Waals surface area contributed by atoms with E-state index < -0.39 is 0 Å². The number of aromatic amines is 1. The van der Waals surface area contributed by atoms with E-state index >= 15 is 0 Å². The molecule has 0 radical (unpaired) electrons. The van der Waals surface area contributed by atoms with Crippen LogP contribution in [-0.4, -0.2) is 21.1 Å². The Morgan fingerprint density at radius 3 is 2.65 bits per heavy atom. The summed E-state index contributed by atoms with van der Waals surface area (Å²) in [6.07, 6.45) is 2.38. The predicted molar refractivity (Wildman–Crippen MR) is 109 cm³/mol. The monoisotopic (exact) mass is 378 g/mol. The van der Waals surface area contributed by atoms with Crippen molar-refractivity contribution < 1.29 is 0 Å². The maximum atomic E-state index is 5.92. The van der Waals surface area contributed by atoms with E-state index in [2.05, 4.69) is 45.6 Å². The minimum Gasteiger partial charge on any atom is -0.250 e. The first-order chi connectivity index (χ1) is 12.7. The van der Waals surface area contributed by atoms with Gasteiger partial charge in [-0.1, -0.05) is 66.2 Å². The first-order valence-corrected chi connectivity index (χ1v) is 8.92. The fraction of sp³-hybridized carbons (Fsp3) is 0.0500. The van der Waals surface area contributed by atoms with Crippen LogP contribution in [0.15, 0.2) is 71.8 Å². The minimum absolute atomic E-state index is 0.463. The van der Waals surface area contributed by atoms with Crippen molar-refractivity contribution in [1.82, 2.24) is 14.9 Å². The zero-order valence-corrected chi connectivity index (χ0v) is 15.3. The van der Waals surface area contributed by atoms with E-state index in [-0.39, 0.29) is 0 Å². The molecule has 0 aliphatic carbocycles. The molecule has 0 saturated heterocycles. The average molecular weight is 379 g/mol. The van der Waals surface area contributed by atoms with Crippen LogP contribution in [-0.2, 0) is 6.42 Å². The van der Waals surface area contributed by atoms with Crippen LogP contribution in [0.2, 0.25) is 5.02 Å². The van der Waals surface area contributed by atoms with Gasteiger partial charge in [0.2, 0.25) is 4.77 Å². The first-order valence-electron chi connectivity index (χ1n) is 8.13. The van der Waals surface area contributed by atoms with Gasteiger partial charge < -0.3 is 0 Å². The fourth-order valence-electron chi connectivity index (χ4n) is 2.85. The van der Waals surface area contributed by atoms with E-state index in [9.17, 15) is 0 Å². The second-order valence-electron chi connectivity index (χ2n) is 5.87. The van der Waals surface area contributed by atoms with Gasteiger partial charge in [0.25, 0.3) is 0 Å². The first kappa shape index (κ1) is 16.7. The van der Waals surface area contributed by atoms with Crippen molar-refractivity contribution in [2.75, 3.05) is 0 Å². The van der Waals surface area contributed by atoms with Gasteiger partial charge in [0.05, 0.1) is 6.21 Å². The van der Waals surface area contributed by atoms with Crippen LogP contribution in [0.25, 0.3) is 10.8 Å². The normalized spacial score (nSPS) is 11.4. The average Bonchev–Trinajstić information content (AvgIpc) is 3.01. The quantitative estimate of drug-likeness (QED) is 0.391. The number of halogens is 1.